The number of rotatable bonds is 3. The third-order valence-corrected chi connectivity index (χ3v) is 4.49. The van der Waals surface area contributed by atoms with Crippen LogP contribution in [-0.2, 0) is 0 Å². The SMILES string of the molecule is Cc1cc(N(c2ccc3c(c2)N=CCO3)c2ncc(F)c(N)n2)cc(Cl)c1O. The lowest BCUT2D eigenvalue weighted by Crippen LogP contribution is -2.15. The van der Waals surface area contributed by atoms with E-state index in [0.29, 0.717) is 35.0 Å². The Kier molecular flexibility index (Phi) is 4.48. The van der Waals surface area contributed by atoms with Crippen LogP contribution in [0.1, 0.15) is 5.56 Å². The van der Waals surface area contributed by atoms with Gasteiger partial charge in [-0.1, -0.05) is 11.6 Å². The number of benzene rings is 2. The van der Waals surface area contributed by atoms with Crippen LogP contribution in [0.5, 0.6) is 11.5 Å². The molecule has 0 atom stereocenters. The monoisotopic (exact) mass is 399 g/mol. The van der Waals surface area contributed by atoms with E-state index in [9.17, 15) is 9.50 Å². The molecular weight excluding hydrogens is 385 g/mol. The van der Waals surface area contributed by atoms with Gasteiger partial charge in [-0.05, 0) is 42.8 Å². The van der Waals surface area contributed by atoms with E-state index < -0.39 is 5.82 Å². The van der Waals surface area contributed by atoms with Crippen molar-refractivity contribution in [1.82, 2.24) is 9.97 Å². The van der Waals surface area contributed by atoms with Crippen LogP contribution < -0.4 is 15.4 Å². The van der Waals surface area contributed by atoms with Gasteiger partial charge in [-0.15, -0.1) is 0 Å². The molecule has 1 aliphatic heterocycles. The fourth-order valence-corrected chi connectivity index (χ4v) is 3.10. The van der Waals surface area contributed by atoms with Crippen molar-refractivity contribution >= 4 is 46.6 Å². The van der Waals surface area contributed by atoms with Gasteiger partial charge in [-0.25, -0.2) is 9.37 Å². The molecule has 28 heavy (non-hydrogen) atoms. The summed E-state index contributed by atoms with van der Waals surface area (Å²) in [5.41, 5.74) is 8.03. The number of halogens is 2. The Morgan fingerprint density at radius 3 is 2.82 bits per heavy atom. The summed E-state index contributed by atoms with van der Waals surface area (Å²) in [5.74, 6) is -0.234. The van der Waals surface area contributed by atoms with Gasteiger partial charge in [0.2, 0.25) is 5.95 Å². The zero-order chi connectivity index (χ0) is 19.8. The molecule has 0 amide bonds. The molecule has 2 heterocycles. The molecule has 7 nitrogen and oxygen atoms in total. The molecule has 0 radical (unpaired) electrons. The average Bonchev–Trinajstić information content (AvgIpc) is 2.69. The molecule has 142 valence electrons. The third kappa shape index (κ3) is 3.18. The van der Waals surface area contributed by atoms with Crippen molar-refractivity contribution in [3.05, 3.63) is 52.9 Å². The molecule has 2 aromatic carbocycles. The van der Waals surface area contributed by atoms with Gasteiger partial charge in [0.05, 0.1) is 22.6 Å². The molecule has 1 aliphatic rings. The van der Waals surface area contributed by atoms with Crippen molar-refractivity contribution in [2.24, 2.45) is 4.99 Å². The van der Waals surface area contributed by atoms with Crippen LogP contribution >= 0.6 is 11.6 Å². The van der Waals surface area contributed by atoms with E-state index in [2.05, 4.69) is 15.0 Å². The lowest BCUT2D eigenvalue weighted by molar-refractivity contribution is 0.377. The minimum Gasteiger partial charge on any atom is -0.506 e. The molecule has 0 bridgehead atoms. The van der Waals surface area contributed by atoms with Crippen LogP contribution in [0.2, 0.25) is 5.02 Å². The highest BCUT2D eigenvalue weighted by Crippen LogP contribution is 2.41. The van der Waals surface area contributed by atoms with Gasteiger partial charge in [0.1, 0.15) is 23.8 Å². The maximum Gasteiger partial charge on any atom is 0.236 e. The molecule has 0 fully saturated rings. The number of nitrogen functional groups attached to an aromatic ring is 1. The number of fused-ring (bicyclic) bond motifs is 1. The molecule has 1 aromatic heterocycles. The first kappa shape index (κ1) is 18.0. The minimum absolute atomic E-state index is 0.0201. The minimum atomic E-state index is -0.716. The third-order valence-electron chi connectivity index (χ3n) is 4.20. The van der Waals surface area contributed by atoms with Crippen LogP contribution in [0.15, 0.2) is 41.5 Å². The standard InChI is InChI=1S/C19H15ClFN5O2/c1-10-6-12(7-13(20)17(10)27)26(19-24-9-14(21)18(22)25-19)11-2-3-16-15(8-11)23-4-5-28-16/h2-4,6-9,27H,5H2,1H3,(H2,22,24,25). The summed E-state index contributed by atoms with van der Waals surface area (Å²) in [6.07, 6.45) is 2.66. The number of aromatic hydroxyl groups is 1. The first-order chi connectivity index (χ1) is 13.4. The molecule has 3 aromatic rings. The summed E-state index contributed by atoms with van der Waals surface area (Å²) >= 11 is 6.16. The van der Waals surface area contributed by atoms with Gasteiger partial charge in [0.25, 0.3) is 0 Å². The highest BCUT2D eigenvalue weighted by atomic mass is 35.5. The van der Waals surface area contributed by atoms with E-state index in [1.807, 2.05) is 0 Å². The lowest BCUT2D eigenvalue weighted by Gasteiger charge is -2.25. The van der Waals surface area contributed by atoms with E-state index in [1.54, 1.807) is 48.4 Å². The number of aryl methyl sites for hydroxylation is 1. The molecular formula is C19H15ClFN5O2. The van der Waals surface area contributed by atoms with E-state index in [4.69, 9.17) is 22.1 Å². The Labute approximate surface area is 164 Å². The molecule has 0 spiro atoms. The van der Waals surface area contributed by atoms with Crippen LogP contribution in [-0.4, -0.2) is 27.9 Å². The van der Waals surface area contributed by atoms with Crippen molar-refractivity contribution in [2.45, 2.75) is 6.92 Å². The number of nitrogens with zero attached hydrogens (tertiary/aromatic N) is 4. The number of hydrogen-bond acceptors (Lipinski definition) is 7. The van der Waals surface area contributed by atoms with E-state index >= 15 is 0 Å². The first-order valence-electron chi connectivity index (χ1n) is 8.30. The number of phenolic OH excluding ortho intramolecular Hbond substituents is 1. The molecule has 9 heteroatoms. The Morgan fingerprint density at radius 1 is 1.25 bits per heavy atom. The summed E-state index contributed by atoms with van der Waals surface area (Å²) in [7, 11) is 0. The van der Waals surface area contributed by atoms with Crippen molar-refractivity contribution in [3.8, 4) is 11.5 Å². The van der Waals surface area contributed by atoms with Gasteiger partial charge in [-0.3, -0.25) is 9.89 Å². The van der Waals surface area contributed by atoms with Crippen LogP contribution in [0.4, 0.5) is 33.2 Å². The van der Waals surface area contributed by atoms with Crippen LogP contribution in [0.3, 0.4) is 0 Å². The lowest BCUT2D eigenvalue weighted by atomic mass is 10.1. The Hall–Kier alpha value is -3.39. The van der Waals surface area contributed by atoms with Gasteiger partial charge in [-0.2, -0.15) is 4.98 Å². The molecule has 4 rings (SSSR count). The fourth-order valence-electron chi connectivity index (χ4n) is 2.84. The zero-order valence-electron chi connectivity index (χ0n) is 14.7. The topological polar surface area (TPSA) is 96.9 Å². The Morgan fingerprint density at radius 2 is 2.07 bits per heavy atom. The number of phenols is 1. The molecule has 0 saturated carbocycles. The summed E-state index contributed by atoms with van der Waals surface area (Å²) in [6, 6.07) is 8.62. The number of nitrogens with two attached hydrogens (primary N) is 1. The quantitative estimate of drug-likeness (QED) is 0.676. The zero-order valence-corrected chi connectivity index (χ0v) is 15.5. The second-order valence-electron chi connectivity index (χ2n) is 6.11. The fraction of sp³-hybridized carbons (Fsp3) is 0.105. The predicted molar refractivity (Wildman–Crippen MR) is 106 cm³/mol. The maximum atomic E-state index is 13.6. The largest absolute Gasteiger partial charge is 0.506 e. The smallest absolute Gasteiger partial charge is 0.236 e. The highest BCUT2D eigenvalue weighted by molar-refractivity contribution is 6.32. The normalized spacial score (nSPS) is 12.4. The maximum absolute atomic E-state index is 13.6. The van der Waals surface area contributed by atoms with Gasteiger partial charge in [0.15, 0.2) is 11.6 Å². The van der Waals surface area contributed by atoms with Gasteiger partial charge in [0, 0.05) is 6.21 Å². The van der Waals surface area contributed by atoms with Gasteiger partial charge >= 0.3 is 0 Å². The highest BCUT2D eigenvalue weighted by Gasteiger charge is 2.21. The average molecular weight is 400 g/mol. The first-order valence-corrected chi connectivity index (χ1v) is 8.68. The number of aromatic nitrogens is 2. The second-order valence-corrected chi connectivity index (χ2v) is 6.51. The van der Waals surface area contributed by atoms with Gasteiger partial charge < -0.3 is 15.6 Å². The van der Waals surface area contributed by atoms with Crippen molar-refractivity contribution < 1.29 is 14.2 Å². The van der Waals surface area contributed by atoms with E-state index in [1.165, 1.54) is 0 Å². The Bertz CT molecular complexity index is 1080. The van der Waals surface area contributed by atoms with Crippen LogP contribution in [0, 0.1) is 12.7 Å². The number of anilines is 4. The number of aliphatic imine (C=N–C) groups is 1. The van der Waals surface area contributed by atoms with Crippen molar-refractivity contribution in [2.75, 3.05) is 17.2 Å². The predicted octanol–water partition coefficient (Wildman–Crippen LogP) is 4.43. The summed E-state index contributed by atoms with van der Waals surface area (Å²) < 4.78 is 19.2. The number of hydrogen-bond donors (Lipinski definition) is 2. The molecule has 0 aliphatic carbocycles. The summed E-state index contributed by atoms with van der Waals surface area (Å²) in [6.45, 7) is 2.12. The van der Waals surface area contributed by atoms with E-state index in [-0.39, 0.29) is 22.5 Å². The number of ether oxygens (including phenoxy) is 1. The molecule has 0 saturated heterocycles. The van der Waals surface area contributed by atoms with Crippen molar-refractivity contribution in [3.63, 3.8) is 0 Å². The molecule has 0 unspecified atom stereocenters. The second kappa shape index (κ2) is 6.97. The van der Waals surface area contributed by atoms with Crippen LogP contribution in [0.25, 0.3) is 0 Å². The molecule has 3 N–H and O–H groups in total. The Balaban J connectivity index is 1.92. The van der Waals surface area contributed by atoms with E-state index in [0.717, 1.165) is 6.20 Å². The summed E-state index contributed by atoms with van der Waals surface area (Å²) in [4.78, 5) is 14.1. The van der Waals surface area contributed by atoms with Crippen molar-refractivity contribution in [1.29, 1.82) is 0 Å². The summed E-state index contributed by atoms with van der Waals surface area (Å²) in [5, 5.41) is 10.2.